The lowest BCUT2D eigenvalue weighted by atomic mass is 10.0. The van der Waals surface area contributed by atoms with Crippen LogP contribution in [-0.4, -0.2) is 53.5 Å². The van der Waals surface area contributed by atoms with Crippen LogP contribution in [0.4, 0.5) is 4.79 Å². The van der Waals surface area contributed by atoms with E-state index in [-0.39, 0.29) is 30.1 Å². The molecule has 0 aliphatic carbocycles. The van der Waals surface area contributed by atoms with Crippen LogP contribution < -0.4 is 10.1 Å². The second-order valence-corrected chi connectivity index (χ2v) is 11.6. The van der Waals surface area contributed by atoms with Crippen LogP contribution in [0.3, 0.4) is 0 Å². The van der Waals surface area contributed by atoms with Crippen LogP contribution in [0.15, 0.2) is 35.7 Å². The molecule has 3 rings (SSSR count). The number of nitrogens with zero attached hydrogens (tertiary/aromatic N) is 2. The molecule has 0 saturated carbocycles. The summed E-state index contributed by atoms with van der Waals surface area (Å²) in [6.45, 7) is 13.8. The van der Waals surface area contributed by atoms with Crippen LogP contribution in [0, 0.1) is 12.8 Å². The van der Waals surface area contributed by atoms with Gasteiger partial charge in [-0.3, -0.25) is 4.79 Å². The highest BCUT2D eigenvalue weighted by Crippen LogP contribution is 2.34. The van der Waals surface area contributed by atoms with Gasteiger partial charge in [0.2, 0.25) is 5.91 Å². The molecule has 0 fully saturated rings. The summed E-state index contributed by atoms with van der Waals surface area (Å²) in [7, 11) is 0. The molecule has 1 aromatic heterocycles. The largest absolute Gasteiger partial charge is 0.491 e. The fourth-order valence-corrected chi connectivity index (χ4v) is 4.93. The van der Waals surface area contributed by atoms with E-state index >= 15 is 0 Å². The Morgan fingerprint density at radius 1 is 1.21 bits per heavy atom. The van der Waals surface area contributed by atoms with Gasteiger partial charge < -0.3 is 19.9 Å². The highest BCUT2D eigenvalue weighted by molar-refractivity contribution is 7.10. The minimum Gasteiger partial charge on any atom is -0.491 e. The van der Waals surface area contributed by atoms with Crippen molar-refractivity contribution in [1.82, 2.24) is 15.1 Å². The van der Waals surface area contributed by atoms with Crippen molar-refractivity contribution in [2.45, 2.75) is 66.0 Å². The number of aryl methyl sites for hydroxylation is 1. The monoisotopic (exact) mass is 485 g/mol. The standard InChI is InChI=1S/C27H39N3O3S/c1-19(2)11-14-29(26(32)28-27(4,5)6)17-25(31)30-15-12-24-22(13-16-34-24)23(30)18-33-21-9-7-20(3)8-10-21/h7-10,13,16,19,23H,11-12,14-15,17-18H2,1-6H3,(H,28,32). The first kappa shape index (κ1) is 26.1. The van der Waals surface area contributed by atoms with Gasteiger partial charge >= 0.3 is 6.03 Å². The van der Waals surface area contributed by atoms with Crippen molar-refractivity contribution in [3.63, 3.8) is 0 Å². The Balaban J connectivity index is 1.75. The molecule has 1 aliphatic rings. The number of thiophene rings is 1. The van der Waals surface area contributed by atoms with E-state index < -0.39 is 0 Å². The van der Waals surface area contributed by atoms with Crippen molar-refractivity contribution in [3.05, 3.63) is 51.7 Å². The number of carbonyl (C=O) groups excluding carboxylic acids is 2. The first-order chi connectivity index (χ1) is 16.0. The average Bonchev–Trinajstić information content (AvgIpc) is 3.23. The number of ether oxygens (including phenoxy) is 1. The number of benzene rings is 1. The van der Waals surface area contributed by atoms with Crippen molar-refractivity contribution in [1.29, 1.82) is 0 Å². The maximum Gasteiger partial charge on any atom is 0.318 e. The molecular formula is C27H39N3O3S. The fourth-order valence-electron chi connectivity index (χ4n) is 4.00. The predicted molar refractivity (Wildman–Crippen MR) is 138 cm³/mol. The van der Waals surface area contributed by atoms with E-state index in [2.05, 4.69) is 30.6 Å². The van der Waals surface area contributed by atoms with Gasteiger partial charge in [0.25, 0.3) is 0 Å². The van der Waals surface area contributed by atoms with E-state index in [4.69, 9.17) is 4.74 Å². The van der Waals surface area contributed by atoms with E-state index in [9.17, 15) is 9.59 Å². The summed E-state index contributed by atoms with van der Waals surface area (Å²) in [4.78, 5) is 31.4. The van der Waals surface area contributed by atoms with E-state index in [1.165, 1.54) is 10.4 Å². The minimum atomic E-state index is -0.364. The predicted octanol–water partition coefficient (Wildman–Crippen LogP) is 5.42. The van der Waals surface area contributed by atoms with Gasteiger partial charge in [0.15, 0.2) is 0 Å². The molecule has 1 aliphatic heterocycles. The van der Waals surface area contributed by atoms with Crippen LogP contribution in [0.25, 0.3) is 0 Å². The lowest BCUT2D eigenvalue weighted by molar-refractivity contribution is -0.135. The summed E-state index contributed by atoms with van der Waals surface area (Å²) < 4.78 is 6.12. The number of fused-ring (bicyclic) bond motifs is 1. The van der Waals surface area contributed by atoms with Crippen LogP contribution in [0.5, 0.6) is 5.75 Å². The van der Waals surface area contributed by atoms with Gasteiger partial charge in [-0.05, 0) is 75.6 Å². The Morgan fingerprint density at radius 2 is 1.91 bits per heavy atom. The summed E-state index contributed by atoms with van der Waals surface area (Å²) in [5.41, 5.74) is 1.97. The Hall–Kier alpha value is -2.54. The first-order valence-corrected chi connectivity index (χ1v) is 13.0. The molecule has 0 spiro atoms. The number of carbonyl (C=O) groups is 2. The number of urea groups is 1. The molecule has 1 unspecified atom stereocenters. The average molecular weight is 486 g/mol. The molecular weight excluding hydrogens is 446 g/mol. The van der Waals surface area contributed by atoms with Crippen molar-refractivity contribution >= 4 is 23.3 Å². The summed E-state index contributed by atoms with van der Waals surface area (Å²) in [6, 6.07) is 9.71. The SMILES string of the molecule is Cc1ccc(OCC2c3ccsc3CCN2C(=O)CN(CCC(C)C)C(=O)NC(C)(C)C)cc1. The molecule has 7 heteroatoms. The highest BCUT2D eigenvalue weighted by Gasteiger charge is 2.34. The number of amides is 3. The molecule has 3 amide bonds. The van der Waals surface area contributed by atoms with Gasteiger partial charge in [-0.2, -0.15) is 0 Å². The zero-order valence-corrected chi connectivity index (χ0v) is 22.2. The van der Waals surface area contributed by atoms with Gasteiger partial charge in [-0.25, -0.2) is 4.79 Å². The number of hydrogen-bond acceptors (Lipinski definition) is 4. The normalized spacial score (nSPS) is 15.7. The summed E-state index contributed by atoms with van der Waals surface area (Å²) >= 11 is 1.73. The Kier molecular flexibility index (Phi) is 8.63. The molecule has 186 valence electrons. The number of nitrogens with one attached hydrogen (secondary N) is 1. The quantitative estimate of drug-likeness (QED) is 0.543. The summed E-state index contributed by atoms with van der Waals surface area (Å²) in [6.07, 6.45) is 1.68. The molecule has 34 heavy (non-hydrogen) atoms. The van der Waals surface area contributed by atoms with Crippen LogP contribution in [0.2, 0.25) is 0 Å². The van der Waals surface area contributed by atoms with Crippen molar-refractivity contribution in [2.75, 3.05) is 26.2 Å². The third-order valence-corrected chi connectivity index (χ3v) is 6.91. The highest BCUT2D eigenvalue weighted by atomic mass is 32.1. The number of rotatable bonds is 8. The van der Waals surface area contributed by atoms with E-state index in [1.54, 1.807) is 16.2 Å². The molecule has 1 atom stereocenters. The molecule has 1 aromatic carbocycles. The maximum absolute atomic E-state index is 13.6. The Labute approximate surface area is 208 Å². The third-order valence-electron chi connectivity index (χ3n) is 5.92. The fraction of sp³-hybridized carbons (Fsp3) is 0.556. The second kappa shape index (κ2) is 11.3. The van der Waals surface area contributed by atoms with Crippen molar-refractivity contribution < 1.29 is 14.3 Å². The molecule has 6 nitrogen and oxygen atoms in total. The Morgan fingerprint density at radius 3 is 2.56 bits per heavy atom. The van der Waals surface area contributed by atoms with E-state index in [1.807, 2.05) is 56.9 Å². The van der Waals surface area contributed by atoms with E-state index in [0.717, 1.165) is 24.2 Å². The minimum absolute atomic E-state index is 0.0397. The molecule has 2 heterocycles. The first-order valence-electron chi connectivity index (χ1n) is 12.2. The molecule has 0 saturated heterocycles. The van der Waals surface area contributed by atoms with Gasteiger partial charge in [0, 0.05) is 23.5 Å². The number of hydrogen-bond donors (Lipinski definition) is 1. The zero-order valence-electron chi connectivity index (χ0n) is 21.4. The van der Waals surface area contributed by atoms with Crippen LogP contribution in [0.1, 0.15) is 63.1 Å². The van der Waals surface area contributed by atoms with Crippen LogP contribution in [-0.2, 0) is 11.2 Å². The molecule has 1 N–H and O–H groups in total. The van der Waals surface area contributed by atoms with Crippen LogP contribution >= 0.6 is 11.3 Å². The zero-order chi connectivity index (χ0) is 24.9. The summed E-state index contributed by atoms with van der Waals surface area (Å²) in [5.74, 6) is 1.20. The van der Waals surface area contributed by atoms with Gasteiger partial charge in [-0.1, -0.05) is 31.5 Å². The van der Waals surface area contributed by atoms with E-state index in [0.29, 0.717) is 25.6 Å². The third kappa shape index (κ3) is 7.23. The molecule has 0 bridgehead atoms. The topological polar surface area (TPSA) is 61.9 Å². The van der Waals surface area contributed by atoms with Crippen molar-refractivity contribution in [3.8, 4) is 5.75 Å². The van der Waals surface area contributed by atoms with Gasteiger partial charge in [-0.15, -0.1) is 11.3 Å². The second-order valence-electron chi connectivity index (χ2n) is 10.6. The van der Waals surface area contributed by atoms with Crippen molar-refractivity contribution in [2.24, 2.45) is 5.92 Å². The van der Waals surface area contributed by atoms with Gasteiger partial charge in [0.1, 0.15) is 18.9 Å². The van der Waals surface area contributed by atoms with Gasteiger partial charge in [0.05, 0.1) is 6.04 Å². The molecule has 2 aromatic rings. The molecule has 0 radical (unpaired) electrons. The summed E-state index contributed by atoms with van der Waals surface area (Å²) in [5, 5.41) is 5.10. The smallest absolute Gasteiger partial charge is 0.318 e. The lowest BCUT2D eigenvalue weighted by Gasteiger charge is -2.37. The lowest BCUT2D eigenvalue weighted by Crippen LogP contribution is -2.53. The Bertz CT molecular complexity index is 962. The maximum atomic E-state index is 13.6.